The van der Waals surface area contributed by atoms with E-state index >= 15 is 0 Å². The molecule has 17 heavy (non-hydrogen) atoms. The summed E-state index contributed by atoms with van der Waals surface area (Å²) in [5.74, 6) is -3.75. The molecule has 0 aromatic carbocycles. The first-order valence-electron chi connectivity index (χ1n) is 3.96. The van der Waals surface area contributed by atoms with E-state index < -0.39 is 41.1 Å². The standard InChI is InChI=1S/C8H4F5NO3/c9-6(10)5-3(7(16)17)4(8(11,12)13)2(15)1-14-5/h1,6,15H,(H,16,17). The van der Waals surface area contributed by atoms with E-state index in [0.29, 0.717) is 0 Å². The zero-order valence-corrected chi connectivity index (χ0v) is 7.79. The summed E-state index contributed by atoms with van der Waals surface area (Å²) in [7, 11) is 0. The van der Waals surface area contributed by atoms with Crippen molar-refractivity contribution in [1.29, 1.82) is 0 Å². The van der Waals surface area contributed by atoms with E-state index in [9.17, 15) is 26.7 Å². The number of aromatic hydroxyl groups is 1. The van der Waals surface area contributed by atoms with Crippen molar-refractivity contribution in [2.75, 3.05) is 0 Å². The first kappa shape index (κ1) is 13.1. The molecule has 94 valence electrons. The third-order valence-electron chi connectivity index (χ3n) is 1.79. The molecule has 2 N–H and O–H groups in total. The van der Waals surface area contributed by atoms with Crippen molar-refractivity contribution in [3.63, 3.8) is 0 Å². The van der Waals surface area contributed by atoms with Crippen LogP contribution in [0.25, 0.3) is 0 Å². The van der Waals surface area contributed by atoms with Crippen LogP contribution in [-0.2, 0) is 6.18 Å². The third kappa shape index (κ3) is 2.43. The van der Waals surface area contributed by atoms with Crippen LogP contribution in [0.4, 0.5) is 22.0 Å². The molecule has 0 aliphatic heterocycles. The fourth-order valence-corrected chi connectivity index (χ4v) is 1.18. The number of rotatable bonds is 2. The topological polar surface area (TPSA) is 70.4 Å². The largest absolute Gasteiger partial charge is 0.506 e. The number of hydrogen-bond acceptors (Lipinski definition) is 3. The molecule has 1 aromatic heterocycles. The number of carboxylic acid groups (broad SMARTS) is 1. The van der Waals surface area contributed by atoms with Crippen LogP contribution in [0.3, 0.4) is 0 Å². The molecule has 0 unspecified atom stereocenters. The van der Waals surface area contributed by atoms with Gasteiger partial charge in [-0.2, -0.15) is 13.2 Å². The molecule has 0 aliphatic rings. The molecule has 4 nitrogen and oxygen atoms in total. The highest BCUT2D eigenvalue weighted by Gasteiger charge is 2.41. The van der Waals surface area contributed by atoms with E-state index in [1.807, 2.05) is 0 Å². The van der Waals surface area contributed by atoms with Gasteiger partial charge in [0, 0.05) is 0 Å². The second-order valence-corrected chi connectivity index (χ2v) is 2.88. The predicted octanol–water partition coefficient (Wildman–Crippen LogP) is 2.44. The van der Waals surface area contributed by atoms with Gasteiger partial charge in [-0.05, 0) is 0 Å². The zero-order valence-electron chi connectivity index (χ0n) is 7.79. The molecule has 0 saturated carbocycles. The minimum atomic E-state index is -5.27. The summed E-state index contributed by atoms with van der Waals surface area (Å²) in [6, 6.07) is 0. The van der Waals surface area contributed by atoms with Gasteiger partial charge in [0.15, 0.2) is 0 Å². The predicted molar refractivity (Wildman–Crippen MR) is 42.8 cm³/mol. The number of aromatic carboxylic acids is 1. The van der Waals surface area contributed by atoms with Crippen LogP contribution >= 0.6 is 0 Å². The van der Waals surface area contributed by atoms with Gasteiger partial charge in [0.05, 0.1) is 6.20 Å². The van der Waals surface area contributed by atoms with E-state index in [-0.39, 0.29) is 6.20 Å². The molecule has 0 spiro atoms. The maximum Gasteiger partial charge on any atom is 0.420 e. The number of carbonyl (C=O) groups is 1. The first-order chi connectivity index (χ1) is 7.66. The normalized spacial score (nSPS) is 11.9. The van der Waals surface area contributed by atoms with Gasteiger partial charge in [-0.25, -0.2) is 13.6 Å². The molecule has 0 bridgehead atoms. The van der Waals surface area contributed by atoms with Gasteiger partial charge in [0.1, 0.15) is 22.6 Å². The minimum Gasteiger partial charge on any atom is -0.506 e. The number of carboxylic acids is 1. The first-order valence-corrected chi connectivity index (χ1v) is 3.96. The highest BCUT2D eigenvalue weighted by atomic mass is 19.4. The molecule has 0 fully saturated rings. The zero-order chi connectivity index (χ0) is 13.4. The second kappa shape index (κ2) is 4.15. The maximum atomic E-state index is 12.4. The monoisotopic (exact) mass is 257 g/mol. The van der Waals surface area contributed by atoms with Crippen molar-refractivity contribution in [3.8, 4) is 5.75 Å². The number of pyridine rings is 1. The number of hydrogen-bond donors (Lipinski definition) is 2. The van der Waals surface area contributed by atoms with Crippen molar-refractivity contribution in [1.82, 2.24) is 4.98 Å². The van der Waals surface area contributed by atoms with Gasteiger partial charge in [-0.15, -0.1) is 0 Å². The molecular formula is C8H4F5NO3. The Labute approximate surface area is 90.3 Å². The van der Waals surface area contributed by atoms with E-state index in [0.717, 1.165) is 0 Å². The highest BCUT2D eigenvalue weighted by Crippen LogP contribution is 2.40. The number of halogens is 5. The van der Waals surface area contributed by atoms with Crippen LogP contribution in [0.15, 0.2) is 6.20 Å². The maximum absolute atomic E-state index is 12.4. The van der Waals surface area contributed by atoms with E-state index in [1.165, 1.54) is 0 Å². The molecule has 1 aromatic rings. The van der Waals surface area contributed by atoms with Gasteiger partial charge < -0.3 is 10.2 Å². The van der Waals surface area contributed by atoms with Gasteiger partial charge in [-0.1, -0.05) is 0 Å². The summed E-state index contributed by atoms with van der Waals surface area (Å²) in [5, 5.41) is 17.4. The lowest BCUT2D eigenvalue weighted by molar-refractivity contribution is -0.139. The Morgan fingerprint density at radius 1 is 1.35 bits per heavy atom. The third-order valence-corrected chi connectivity index (χ3v) is 1.79. The van der Waals surface area contributed by atoms with Crippen LogP contribution in [0.5, 0.6) is 5.75 Å². The summed E-state index contributed by atoms with van der Waals surface area (Å²) in [6.45, 7) is 0. The highest BCUT2D eigenvalue weighted by molar-refractivity contribution is 5.91. The lowest BCUT2D eigenvalue weighted by Gasteiger charge is -2.14. The van der Waals surface area contributed by atoms with Crippen molar-refractivity contribution in [2.45, 2.75) is 12.6 Å². The number of alkyl halides is 5. The number of nitrogens with zero attached hydrogens (tertiary/aromatic N) is 1. The molecule has 9 heteroatoms. The van der Waals surface area contributed by atoms with Crippen LogP contribution in [0, 0.1) is 0 Å². The van der Waals surface area contributed by atoms with Gasteiger partial charge >= 0.3 is 12.1 Å². The Bertz CT molecular complexity index is 457. The van der Waals surface area contributed by atoms with Crippen molar-refractivity contribution < 1.29 is 37.0 Å². The van der Waals surface area contributed by atoms with E-state index in [1.54, 1.807) is 0 Å². The average molecular weight is 257 g/mol. The molecule has 0 aliphatic carbocycles. The summed E-state index contributed by atoms with van der Waals surface area (Å²) in [6.07, 6.45) is -8.64. The Morgan fingerprint density at radius 3 is 2.24 bits per heavy atom. The molecule has 0 saturated heterocycles. The summed E-state index contributed by atoms with van der Waals surface area (Å²) in [5.41, 5.74) is -5.31. The lowest BCUT2D eigenvalue weighted by Crippen LogP contribution is -2.17. The van der Waals surface area contributed by atoms with Crippen molar-refractivity contribution in [2.24, 2.45) is 0 Å². The van der Waals surface area contributed by atoms with Crippen LogP contribution in [0.1, 0.15) is 28.0 Å². The smallest absolute Gasteiger partial charge is 0.420 e. The molecule has 0 radical (unpaired) electrons. The van der Waals surface area contributed by atoms with Crippen LogP contribution < -0.4 is 0 Å². The Morgan fingerprint density at radius 2 is 1.88 bits per heavy atom. The van der Waals surface area contributed by atoms with Crippen LogP contribution in [0.2, 0.25) is 0 Å². The molecule has 1 heterocycles. The van der Waals surface area contributed by atoms with Gasteiger partial charge in [-0.3, -0.25) is 4.98 Å². The van der Waals surface area contributed by atoms with Crippen molar-refractivity contribution in [3.05, 3.63) is 23.0 Å². The SMILES string of the molecule is O=C(O)c1c(C(F)F)ncc(O)c1C(F)(F)F. The number of aromatic nitrogens is 1. The Balaban J connectivity index is 3.67. The average Bonchev–Trinajstić information content (AvgIpc) is 2.14. The van der Waals surface area contributed by atoms with Crippen molar-refractivity contribution >= 4 is 5.97 Å². The van der Waals surface area contributed by atoms with E-state index in [4.69, 9.17) is 10.2 Å². The fourth-order valence-electron chi connectivity index (χ4n) is 1.18. The quantitative estimate of drug-likeness (QED) is 0.798. The second-order valence-electron chi connectivity index (χ2n) is 2.88. The Hall–Kier alpha value is -1.93. The summed E-state index contributed by atoms with van der Waals surface area (Å²) >= 11 is 0. The van der Waals surface area contributed by atoms with Crippen LogP contribution in [-0.4, -0.2) is 21.2 Å². The molecular weight excluding hydrogens is 253 g/mol. The van der Waals surface area contributed by atoms with E-state index in [2.05, 4.69) is 4.98 Å². The summed E-state index contributed by atoms with van der Waals surface area (Å²) < 4.78 is 61.9. The molecule has 1 rings (SSSR count). The fraction of sp³-hybridized carbons (Fsp3) is 0.250. The Kier molecular flexibility index (Phi) is 3.21. The van der Waals surface area contributed by atoms with Gasteiger partial charge in [0.25, 0.3) is 6.43 Å². The molecule has 0 atom stereocenters. The van der Waals surface area contributed by atoms with Gasteiger partial charge in [0.2, 0.25) is 0 Å². The minimum absolute atomic E-state index is 0.136. The molecule has 0 amide bonds. The lowest BCUT2D eigenvalue weighted by atomic mass is 10.1. The summed E-state index contributed by atoms with van der Waals surface area (Å²) in [4.78, 5) is 13.4.